The van der Waals surface area contributed by atoms with Crippen LogP contribution in [0.25, 0.3) is 22.0 Å². The van der Waals surface area contributed by atoms with Gasteiger partial charge in [-0.2, -0.15) is 4.68 Å². The first-order valence-electron chi connectivity index (χ1n) is 5.32. The van der Waals surface area contributed by atoms with Crippen LogP contribution in [0.4, 0.5) is 0 Å². The average Bonchev–Trinajstić information content (AvgIpc) is 2.66. The molecule has 2 heterocycles. The number of halogens is 1. The Kier molecular flexibility index (Phi) is 2.41. The lowest BCUT2D eigenvalue weighted by Crippen LogP contribution is -2.35. The molecule has 0 atom stereocenters. The van der Waals surface area contributed by atoms with Gasteiger partial charge in [-0.15, -0.1) is 0 Å². The summed E-state index contributed by atoms with van der Waals surface area (Å²) in [6.07, 6.45) is 5.05. The quantitative estimate of drug-likeness (QED) is 0.382. The van der Waals surface area contributed by atoms with Gasteiger partial charge in [-0.3, -0.25) is 0 Å². The Balaban J connectivity index is 2.18. The fraction of sp³-hybridized carbons (Fsp3) is 0.0833. The fourth-order valence-electron chi connectivity index (χ4n) is 1.88. The van der Waals surface area contributed by atoms with Crippen molar-refractivity contribution in [3.8, 4) is 11.1 Å². The molecule has 90 valence electrons. The normalized spacial score (nSPS) is 11.0. The predicted molar refractivity (Wildman–Crippen MR) is 67.9 cm³/mol. The molecule has 5 nitrogen and oxygen atoms in total. The van der Waals surface area contributed by atoms with Gasteiger partial charge in [0, 0.05) is 24.0 Å². The van der Waals surface area contributed by atoms with Gasteiger partial charge < -0.3 is 5.21 Å². The Hall–Kier alpha value is -2.14. The fourth-order valence-corrected chi connectivity index (χ4v) is 1.98. The standard InChI is InChI=1S/C12H9ClN4O/c1-16-7-9-3-2-8(4-11(9)17(16)18)10-5-14-12(13)15-6-10/h2-7H,1H3. The van der Waals surface area contributed by atoms with Crippen molar-refractivity contribution in [3.63, 3.8) is 0 Å². The van der Waals surface area contributed by atoms with Gasteiger partial charge in [0.1, 0.15) is 0 Å². The number of aromatic nitrogens is 4. The molecule has 0 aliphatic carbocycles. The number of hydrogen-bond acceptors (Lipinski definition) is 3. The van der Waals surface area contributed by atoms with Crippen molar-refractivity contribution in [1.29, 1.82) is 0 Å². The van der Waals surface area contributed by atoms with Crippen LogP contribution in [-0.2, 0) is 7.05 Å². The second kappa shape index (κ2) is 3.96. The minimum atomic E-state index is 0.207. The molecule has 0 unspecified atom stereocenters. The van der Waals surface area contributed by atoms with Crippen molar-refractivity contribution in [2.75, 3.05) is 0 Å². The number of fused-ring (bicyclic) bond motifs is 1. The summed E-state index contributed by atoms with van der Waals surface area (Å²) >= 11 is 5.64. The van der Waals surface area contributed by atoms with Crippen LogP contribution < -0.4 is 4.85 Å². The van der Waals surface area contributed by atoms with E-state index in [2.05, 4.69) is 9.97 Å². The van der Waals surface area contributed by atoms with E-state index in [-0.39, 0.29) is 5.28 Å². The van der Waals surface area contributed by atoms with Crippen molar-refractivity contribution in [1.82, 2.24) is 14.6 Å². The van der Waals surface area contributed by atoms with E-state index in [1.807, 2.05) is 18.2 Å². The van der Waals surface area contributed by atoms with Gasteiger partial charge in [0.25, 0.3) is 5.52 Å². The van der Waals surface area contributed by atoms with Gasteiger partial charge in [0.15, 0.2) is 0 Å². The maximum Gasteiger partial charge on any atom is 0.252 e. The van der Waals surface area contributed by atoms with Crippen LogP contribution in [0.15, 0.2) is 36.8 Å². The molecule has 2 aromatic heterocycles. The van der Waals surface area contributed by atoms with Crippen molar-refractivity contribution >= 4 is 22.5 Å². The average molecular weight is 261 g/mol. The van der Waals surface area contributed by atoms with E-state index in [1.165, 1.54) is 4.68 Å². The summed E-state index contributed by atoms with van der Waals surface area (Å²) in [5, 5.41) is 12.9. The van der Waals surface area contributed by atoms with Crippen LogP contribution in [0, 0.1) is 5.21 Å². The highest BCUT2D eigenvalue weighted by molar-refractivity contribution is 6.28. The van der Waals surface area contributed by atoms with Crippen LogP contribution in [0.2, 0.25) is 5.28 Å². The van der Waals surface area contributed by atoms with E-state index in [1.54, 1.807) is 25.6 Å². The van der Waals surface area contributed by atoms with Crippen LogP contribution in [-0.4, -0.2) is 14.6 Å². The summed E-state index contributed by atoms with van der Waals surface area (Å²) in [6, 6.07) is 5.64. The molecule has 1 aromatic carbocycles. The second-order valence-corrected chi connectivity index (χ2v) is 4.33. The molecule has 0 saturated carbocycles. The summed E-state index contributed by atoms with van der Waals surface area (Å²) in [6.45, 7) is 0. The minimum absolute atomic E-state index is 0.207. The SMILES string of the molecule is Cn1cc2ccc(-c3cnc(Cl)nc3)cc2[n+]1[O-]. The van der Waals surface area contributed by atoms with Gasteiger partial charge in [-0.25, -0.2) is 9.97 Å². The van der Waals surface area contributed by atoms with E-state index in [4.69, 9.17) is 11.6 Å². The van der Waals surface area contributed by atoms with Gasteiger partial charge >= 0.3 is 0 Å². The van der Waals surface area contributed by atoms with Gasteiger partial charge in [-0.05, 0) is 23.2 Å². The number of rotatable bonds is 1. The monoisotopic (exact) mass is 260 g/mol. The van der Waals surface area contributed by atoms with E-state index in [0.717, 1.165) is 21.4 Å². The first kappa shape index (κ1) is 11.0. The van der Waals surface area contributed by atoms with Crippen LogP contribution >= 0.6 is 11.6 Å². The molecule has 0 radical (unpaired) electrons. The number of aryl methyl sites for hydroxylation is 1. The summed E-state index contributed by atoms with van der Waals surface area (Å²) in [7, 11) is 1.71. The second-order valence-electron chi connectivity index (χ2n) is 3.99. The Morgan fingerprint density at radius 1 is 1.22 bits per heavy atom. The Morgan fingerprint density at radius 3 is 2.67 bits per heavy atom. The minimum Gasteiger partial charge on any atom is -0.595 e. The highest BCUT2D eigenvalue weighted by Gasteiger charge is 2.11. The molecular weight excluding hydrogens is 252 g/mol. The lowest BCUT2D eigenvalue weighted by Gasteiger charge is -2.00. The summed E-state index contributed by atoms with van der Waals surface area (Å²) in [5.41, 5.74) is 2.32. The third-order valence-electron chi connectivity index (χ3n) is 2.80. The van der Waals surface area contributed by atoms with E-state index >= 15 is 0 Å². The molecule has 0 aliphatic rings. The Bertz CT molecular complexity index is 721. The molecule has 3 aromatic rings. The predicted octanol–water partition coefficient (Wildman–Crippen LogP) is 1.92. The highest BCUT2D eigenvalue weighted by Crippen LogP contribution is 2.22. The molecule has 3 rings (SSSR count). The first-order chi connectivity index (χ1) is 8.65. The molecule has 0 bridgehead atoms. The molecule has 0 aliphatic heterocycles. The summed E-state index contributed by atoms with van der Waals surface area (Å²) in [5.74, 6) is 0. The smallest absolute Gasteiger partial charge is 0.252 e. The highest BCUT2D eigenvalue weighted by atomic mass is 35.5. The van der Waals surface area contributed by atoms with Gasteiger partial charge in [0.2, 0.25) is 5.28 Å². The molecule has 18 heavy (non-hydrogen) atoms. The zero-order valence-electron chi connectivity index (χ0n) is 9.54. The molecule has 0 spiro atoms. The third-order valence-corrected chi connectivity index (χ3v) is 3.00. The lowest BCUT2D eigenvalue weighted by molar-refractivity contribution is -0.667. The summed E-state index contributed by atoms with van der Waals surface area (Å²) < 4.78 is 1.49. The van der Waals surface area contributed by atoms with Crippen LogP contribution in [0.1, 0.15) is 0 Å². The first-order valence-corrected chi connectivity index (χ1v) is 5.70. The van der Waals surface area contributed by atoms with E-state index in [0.29, 0.717) is 5.52 Å². The molecule has 0 saturated heterocycles. The largest absolute Gasteiger partial charge is 0.595 e. The number of hydrogen-bond donors (Lipinski definition) is 0. The number of benzene rings is 1. The van der Waals surface area contributed by atoms with Crippen molar-refractivity contribution in [2.45, 2.75) is 0 Å². The molecule has 0 amide bonds. The maximum atomic E-state index is 11.8. The zero-order valence-corrected chi connectivity index (χ0v) is 10.3. The van der Waals surface area contributed by atoms with Crippen LogP contribution in [0.3, 0.4) is 0 Å². The van der Waals surface area contributed by atoms with Crippen molar-refractivity contribution in [2.24, 2.45) is 7.05 Å². The maximum absolute atomic E-state index is 11.8. The van der Waals surface area contributed by atoms with Crippen molar-refractivity contribution < 1.29 is 4.85 Å². The molecule has 0 fully saturated rings. The third kappa shape index (κ3) is 1.69. The lowest BCUT2D eigenvalue weighted by atomic mass is 10.1. The Labute approximate surface area is 108 Å². The van der Waals surface area contributed by atoms with E-state index in [9.17, 15) is 5.21 Å². The Morgan fingerprint density at radius 2 is 1.94 bits per heavy atom. The summed E-state index contributed by atoms with van der Waals surface area (Å²) in [4.78, 5) is 8.70. The molecule has 0 N–H and O–H groups in total. The van der Waals surface area contributed by atoms with Crippen LogP contribution in [0.5, 0.6) is 0 Å². The van der Waals surface area contributed by atoms with Gasteiger partial charge in [-0.1, -0.05) is 10.9 Å². The van der Waals surface area contributed by atoms with Gasteiger partial charge in [0.05, 0.1) is 18.6 Å². The number of nitrogens with zero attached hydrogens (tertiary/aromatic N) is 4. The topological polar surface area (TPSA) is 57.7 Å². The van der Waals surface area contributed by atoms with Crippen molar-refractivity contribution in [3.05, 3.63) is 47.3 Å². The molecular formula is C12H9ClN4O. The zero-order chi connectivity index (χ0) is 12.7. The molecule has 6 heteroatoms. The van der Waals surface area contributed by atoms with E-state index < -0.39 is 0 Å².